The van der Waals surface area contributed by atoms with Gasteiger partial charge in [-0.05, 0) is 31.0 Å². The van der Waals surface area contributed by atoms with Crippen LogP contribution in [0.5, 0.6) is 0 Å². The minimum absolute atomic E-state index is 0.517. The van der Waals surface area contributed by atoms with Gasteiger partial charge in [-0.3, -0.25) is 0 Å². The zero-order chi connectivity index (χ0) is 9.42. The molecular weight excluding hydrogens is 160 g/mol. The number of nitrogens with zero attached hydrogens (tertiary/aromatic N) is 2. The van der Waals surface area contributed by atoms with Crippen molar-refractivity contribution in [3.8, 4) is 0 Å². The van der Waals surface area contributed by atoms with Crippen LogP contribution in [-0.2, 0) is 0 Å². The molecule has 0 bridgehead atoms. The van der Waals surface area contributed by atoms with Crippen LogP contribution in [0, 0.1) is 6.92 Å². The number of hydrogen-bond acceptors (Lipinski definition) is 1. The van der Waals surface area contributed by atoms with Gasteiger partial charge in [-0.15, -0.1) is 0 Å². The normalized spacial score (nSPS) is 11.4. The lowest BCUT2D eigenvalue weighted by molar-refractivity contribution is 0.752. The molecule has 2 aromatic rings. The van der Waals surface area contributed by atoms with Gasteiger partial charge in [0, 0.05) is 5.69 Å². The van der Waals surface area contributed by atoms with Gasteiger partial charge < -0.3 is 0 Å². The maximum atomic E-state index is 4.45. The van der Waals surface area contributed by atoms with Gasteiger partial charge in [-0.1, -0.05) is 19.9 Å². The molecule has 0 amide bonds. The molecule has 0 radical (unpaired) electrons. The van der Waals surface area contributed by atoms with Gasteiger partial charge in [-0.25, -0.2) is 4.52 Å². The Morgan fingerprint density at radius 1 is 1.31 bits per heavy atom. The Morgan fingerprint density at radius 2 is 2.08 bits per heavy atom. The first-order valence-electron chi connectivity index (χ1n) is 4.64. The van der Waals surface area contributed by atoms with Crippen molar-refractivity contribution in [2.75, 3.05) is 0 Å². The van der Waals surface area contributed by atoms with Gasteiger partial charge in [-0.2, -0.15) is 5.10 Å². The molecule has 2 heterocycles. The lowest BCUT2D eigenvalue weighted by Gasteiger charge is -2.07. The van der Waals surface area contributed by atoms with Crippen molar-refractivity contribution in [1.82, 2.24) is 9.61 Å². The van der Waals surface area contributed by atoms with Crippen LogP contribution in [0.3, 0.4) is 0 Å². The molecule has 0 saturated carbocycles. The Hall–Kier alpha value is -1.31. The molecule has 2 heteroatoms. The molecule has 0 unspecified atom stereocenters. The van der Waals surface area contributed by atoms with Crippen LogP contribution < -0.4 is 0 Å². The average Bonchev–Trinajstić information content (AvgIpc) is 2.43. The van der Waals surface area contributed by atoms with Gasteiger partial charge in [0.1, 0.15) is 0 Å². The van der Waals surface area contributed by atoms with E-state index in [2.05, 4.69) is 43.2 Å². The van der Waals surface area contributed by atoms with Gasteiger partial charge in [0.2, 0.25) is 0 Å². The lowest BCUT2D eigenvalue weighted by Crippen LogP contribution is -1.99. The van der Waals surface area contributed by atoms with E-state index in [9.17, 15) is 0 Å². The monoisotopic (exact) mass is 174 g/mol. The third-order valence-electron chi connectivity index (χ3n) is 2.23. The Balaban J connectivity index is 2.75. The van der Waals surface area contributed by atoms with E-state index in [0.717, 1.165) is 5.69 Å². The number of hydrogen-bond donors (Lipinski definition) is 0. The molecule has 0 aliphatic heterocycles. The highest BCUT2D eigenvalue weighted by atomic mass is 15.2. The average molecular weight is 174 g/mol. The van der Waals surface area contributed by atoms with E-state index in [-0.39, 0.29) is 0 Å². The van der Waals surface area contributed by atoms with E-state index < -0.39 is 0 Å². The van der Waals surface area contributed by atoms with Crippen molar-refractivity contribution in [3.05, 3.63) is 35.7 Å². The van der Waals surface area contributed by atoms with E-state index in [0.29, 0.717) is 5.92 Å². The van der Waals surface area contributed by atoms with Gasteiger partial charge >= 0.3 is 0 Å². The highest BCUT2D eigenvalue weighted by Crippen LogP contribution is 2.16. The minimum Gasteiger partial charge on any atom is -0.237 e. The van der Waals surface area contributed by atoms with Gasteiger partial charge in [0.05, 0.1) is 11.2 Å². The first kappa shape index (κ1) is 8.30. The quantitative estimate of drug-likeness (QED) is 0.649. The van der Waals surface area contributed by atoms with Crippen molar-refractivity contribution in [1.29, 1.82) is 0 Å². The van der Waals surface area contributed by atoms with E-state index in [1.807, 2.05) is 11.4 Å². The molecule has 0 atom stereocenters. The topological polar surface area (TPSA) is 17.3 Å². The molecule has 0 N–H and O–H groups in total. The highest BCUT2D eigenvalue weighted by Gasteiger charge is 2.05. The molecule has 0 aromatic carbocycles. The summed E-state index contributed by atoms with van der Waals surface area (Å²) < 4.78 is 2.03. The predicted molar refractivity (Wildman–Crippen MR) is 54.0 cm³/mol. The summed E-state index contributed by atoms with van der Waals surface area (Å²) in [6, 6.07) is 8.41. The molecule has 0 fully saturated rings. The summed E-state index contributed by atoms with van der Waals surface area (Å²) in [5, 5.41) is 4.45. The molecule has 13 heavy (non-hydrogen) atoms. The van der Waals surface area contributed by atoms with Crippen molar-refractivity contribution in [3.63, 3.8) is 0 Å². The maximum absolute atomic E-state index is 4.45. The van der Waals surface area contributed by atoms with Crippen molar-refractivity contribution >= 4 is 5.52 Å². The fourth-order valence-electron chi connectivity index (χ4n) is 1.60. The number of pyridine rings is 1. The smallest absolute Gasteiger partial charge is 0.0667 e. The first-order valence-corrected chi connectivity index (χ1v) is 4.64. The Morgan fingerprint density at radius 3 is 2.77 bits per heavy atom. The Labute approximate surface area is 78.2 Å². The third kappa shape index (κ3) is 1.32. The molecule has 2 nitrogen and oxygen atoms in total. The van der Waals surface area contributed by atoms with Crippen LogP contribution in [-0.4, -0.2) is 9.61 Å². The fourth-order valence-corrected chi connectivity index (χ4v) is 1.60. The van der Waals surface area contributed by atoms with Gasteiger partial charge in [0.25, 0.3) is 0 Å². The summed E-state index contributed by atoms with van der Waals surface area (Å²) in [7, 11) is 0. The summed E-state index contributed by atoms with van der Waals surface area (Å²) in [5.41, 5.74) is 3.53. The van der Waals surface area contributed by atoms with Crippen molar-refractivity contribution in [2.45, 2.75) is 26.7 Å². The minimum atomic E-state index is 0.517. The summed E-state index contributed by atoms with van der Waals surface area (Å²) in [6.45, 7) is 6.40. The second-order valence-corrected chi connectivity index (χ2v) is 3.73. The second-order valence-electron chi connectivity index (χ2n) is 3.73. The van der Waals surface area contributed by atoms with Crippen molar-refractivity contribution < 1.29 is 0 Å². The Bertz CT molecular complexity index is 427. The molecule has 68 valence electrons. The van der Waals surface area contributed by atoms with Gasteiger partial charge in [0.15, 0.2) is 0 Å². The molecule has 2 aromatic heterocycles. The molecule has 0 spiro atoms. The van der Waals surface area contributed by atoms with E-state index >= 15 is 0 Å². The predicted octanol–water partition coefficient (Wildman–Crippen LogP) is 2.77. The first-order chi connectivity index (χ1) is 6.18. The Kier molecular flexibility index (Phi) is 1.83. The molecule has 0 aliphatic rings. The number of rotatable bonds is 1. The van der Waals surface area contributed by atoms with Crippen LogP contribution in [0.15, 0.2) is 24.3 Å². The summed E-state index contributed by atoms with van der Waals surface area (Å²) >= 11 is 0. The molecule has 0 saturated heterocycles. The second kappa shape index (κ2) is 2.87. The zero-order valence-electron chi connectivity index (χ0n) is 8.28. The van der Waals surface area contributed by atoms with E-state index in [1.165, 1.54) is 11.2 Å². The number of aromatic nitrogens is 2. The highest BCUT2D eigenvalue weighted by molar-refractivity contribution is 5.48. The lowest BCUT2D eigenvalue weighted by atomic mass is 10.1. The molecule has 0 aliphatic carbocycles. The van der Waals surface area contributed by atoms with Crippen molar-refractivity contribution in [2.24, 2.45) is 0 Å². The van der Waals surface area contributed by atoms with Crippen LogP contribution in [0.2, 0.25) is 0 Å². The van der Waals surface area contributed by atoms with E-state index in [4.69, 9.17) is 0 Å². The van der Waals surface area contributed by atoms with Crippen LogP contribution in [0.1, 0.15) is 31.2 Å². The molecular formula is C11H14N2. The van der Waals surface area contributed by atoms with Crippen LogP contribution in [0.25, 0.3) is 5.52 Å². The number of aryl methyl sites for hydroxylation is 1. The van der Waals surface area contributed by atoms with Crippen LogP contribution >= 0.6 is 0 Å². The zero-order valence-corrected chi connectivity index (χ0v) is 8.28. The summed E-state index contributed by atoms with van der Waals surface area (Å²) in [4.78, 5) is 0. The largest absolute Gasteiger partial charge is 0.237 e. The SMILES string of the molecule is Cc1cc2cccc(C(C)C)n2n1. The summed E-state index contributed by atoms with van der Waals surface area (Å²) in [6.07, 6.45) is 0. The number of fused-ring (bicyclic) bond motifs is 1. The van der Waals surface area contributed by atoms with E-state index in [1.54, 1.807) is 0 Å². The summed E-state index contributed by atoms with van der Waals surface area (Å²) in [5.74, 6) is 0.517. The standard InChI is InChI=1S/C11H14N2/c1-8(2)11-6-4-5-10-7-9(3)12-13(10)11/h4-8H,1-3H3. The fraction of sp³-hybridized carbons (Fsp3) is 0.364. The third-order valence-corrected chi connectivity index (χ3v) is 2.23. The van der Waals surface area contributed by atoms with Crippen LogP contribution in [0.4, 0.5) is 0 Å². The maximum Gasteiger partial charge on any atom is 0.0667 e. The molecule has 2 rings (SSSR count).